The van der Waals surface area contributed by atoms with Gasteiger partial charge in [0.1, 0.15) is 24.4 Å². The van der Waals surface area contributed by atoms with E-state index in [4.69, 9.17) is 18.9 Å². The van der Waals surface area contributed by atoms with Crippen LogP contribution in [0.2, 0.25) is 0 Å². The van der Waals surface area contributed by atoms with Crippen LogP contribution in [-0.4, -0.2) is 63.8 Å². The molecule has 0 bridgehead atoms. The molecule has 0 spiro atoms. The van der Waals surface area contributed by atoms with Gasteiger partial charge in [-0.2, -0.15) is 0 Å². The number of aliphatic hydroxyl groups is 1. The predicted molar refractivity (Wildman–Crippen MR) is 94.8 cm³/mol. The molecule has 0 radical (unpaired) electrons. The van der Waals surface area contributed by atoms with Crippen LogP contribution < -0.4 is 0 Å². The first-order valence-corrected chi connectivity index (χ1v) is 10.4. The first kappa shape index (κ1) is 19.8. The van der Waals surface area contributed by atoms with Gasteiger partial charge in [0.25, 0.3) is 0 Å². The van der Waals surface area contributed by atoms with Crippen LogP contribution in [0.15, 0.2) is 0 Å². The van der Waals surface area contributed by atoms with E-state index in [1.54, 1.807) is 23.5 Å². The summed E-state index contributed by atoms with van der Waals surface area (Å²) in [4.78, 5) is 0. The van der Waals surface area contributed by atoms with Gasteiger partial charge in [0.05, 0.1) is 11.2 Å². The summed E-state index contributed by atoms with van der Waals surface area (Å²) in [5.74, 6) is 0.551. The average Bonchev–Trinajstić information content (AvgIpc) is 2.97. The molecule has 136 valence electrons. The second-order valence-corrected chi connectivity index (χ2v) is 9.84. The standard InChI is InChI=1S/C16H30O5S2/c1-7-22-14(23-8-2)11(17)13-12(20-16(5,6)21-13)10-9-18-15(3,4)19-10/h10-14,17H,7-9H2,1-6H3/t10-,11+,12-,13-/m1/s1. The second-order valence-electron chi connectivity index (χ2n) is 6.70. The zero-order chi connectivity index (χ0) is 17.3. The fourth-order valence-electron chi connectivity index (χ4n) is 2.97. The van der Waals surface area contributed by atoms with E-state index in [9.17, 15) is 5.11 Å². The van der Waals surface area contributed by atoms with Crippen molar-refractivity contribution in [2.24, 2.45) is 0 Å². The molecule has 0 aromatic heterocycles. The minimum absolute atomic E-state index is 0.0605. The lowest BCUT2D eigenvalue weighted by molar-refractivity contribution is -0.175. The Hall–Kier alpha value is 0.500. The van der Waals surface area contributed by atoms with Crippen LogP contribution in [0, 0.1) is 0 Å². The van der Waals surface area contributed by atoms with Crippen molar-refractivity contribution in [3.05, 3.63) is 0 Å². The molecular formula is C16H30O5S2. The topological polar surface area (TPSA) is 57.2 Å². The third kappa shape index (κ3) is 5.00. The van der Waals surface area contributed by atoms with Crippen LogP contribution in [0.1, 0.15) is 41.5 Å². The van der Waals surface area contributed by atoms with Crippen LogP contribution in [0.3, 0.4) is 0 Å². The van der Waals surface area contributed by atoms with Gasteiger partial charge < -0.3 is 24.1 Å². The molecule has 7 heteroatoms. The molecule has 0 unspecified atom stereocenters. The normalized spacial score (nSPS) is 34.2. The highest BCUT2D eigenvalue weighted by Crippen LogP contribution is 2.40. The Morgan fingerprint density at radius 3 is 2.09 bits per heavy atom. The summed E-state index contributed by atoms with van der Waals surface area (Å²) < 4.78 is 23.8. The van der Waals surface area contributed by atoms with E-state index < -0.39 is 23.8 Å². The third-order valence-electron chi connectivity index (χ3n) is 3.84. The molecule has 0 amide bonds. The Morgan fingerprint density at radius 2 is 1.61 bits per heavy atom. The highest BCUT2D eigenvalue weighted by atomic mass is 32.2. The summed E-state index contributed by atoms with van der Waals surface area (Å²) in [6.45, 7) is 12.2. The Bertz CT molecular complexity index is 385. The lowest BCUT2D eigenvalue weighted by Crippen LogP contribution is -2.47. The summed E-state index contributed by atoms with van der Waals surface area (Å²) in [6, 6.07) is 0. The quantitative estimate of drug-likeness (QED) is 0.695. The molecule has 2 aliphatic rings. The van der Waals surface area contributed by atoms with Crippen LogP contribution in [0.25, 0.3) is 0 Å². The number of rotatable bonds is 7. The monoisotopic (exact) mass is 366 g/mol. The van der Waals surface area contributed by atoms with Crippen molar-refractivity contribution in [2.75, 3.05) is 18.1 Å². The van der Waals surface area contributed by atoms with Gasteiger partial charge >= 0.3 is 0 Å². The molecule has 23 heavy (non-hydrogen) atoms. The molecule has 2 aliphatic heterocycles. The Labute approximate surface area is 148 Å². The SMILES string of the molecule is CCSC(SCC)[C@@H](O)[C@H]1OC(C)(C)O[C@@H]1[C@H]1COC(C)(C)O1. The molecule has 0 aromatic rings. The van der Waals surface area contributed by atoms with Gasteiger partial charge in [0.2, 0.25) is 0 Å². The van der Waals surface area contributed by atoms with Crippen LogP contribution in [-0.2, 0) is 18.9 Å². The largest absolute Gasteiger partial charge is 0.388 e. The van der Waals surface area contributed by atoms with E-state index >= 15 is 0 Å². The van der Waals surface area contributed by atoms with Crippen molar-refractivity contribution in [2.45, 2.75) is 82.1 Å². The summed E-state index contributed by atoms with van der Waals surface area (Å²) >= 11 is 3.49. The van der Waals surface area contributed by atoms with Gasteiger partial charge in [-0.25, -0.2) is 0 Å². The minimum Gasteiger partial charge on any atom is -0.388 e. The predicted octanol–water partition coefficient (Wildman–Crippen LogP) is 2.85. The molecule has 2 rings (SSSR count). The van der Waals surface area contributed by atoms with Gasteiger partial charge in [0, 0.05) is 0 Å². The number of hydrogen-bond acceptors (Lipinski definition) is 7. The van der Waals surface area contributed by atoms with E-state index in [0.717, 1.165) is 11.5 Å². The van der Waals surface area contributed by atoms with E-state index in [1.165, 1.54) is 0 Å². The van der Waals surface area contributed by atoms with Crippen molar-refractivity contribution in [3.63, 3.8) is 0 Å². The fourth-order valence-corrected chi connectivity index (χ4v) is 5.54. The average molecular weight is 367 g/mol. The Morgan fingerprint density at radius 1 is 1.00 bits per heavy atom. The van der Waals surface area contributed by atoms with Gasteiger partial charge in [-0.05, 0) is 39.2 Å². The number of thioether (sulfide) groups is 2. The van der Waals surface area contributed by atoms with E-state index in [2.05, 4.69) is 13.8 Å². The molecule has 2 heterocycles. The van der Waals surface area contributed by atoms with Crippen molar-refractivity contribution in [3.8, 4) is 0 Å². The van der Waals surface area contributed by atoms with Crippen LogP contribution in [0.5, 0.6) is 0 Å². The molecular weight excluding hydrogens is 336 g/mol. The van der Waals surface area contributed by atoms with Crippen molar-refractivity contribution in [1.82, 2.24) is 0 Å². The first-order valence-electron chi connectivity index (χ1n) is 8.28. The van der Waals surface area contributed by atoms with Crippen molar-refractivity contribution in [1.29, 1.82) is 0 Å². The van der Waals surface area contributed by atoms with Gasteiger partial charge in [-0.3, -0.25) is 0 Å². The van der Waals surface area contributed by atoms with Gasteiger partial charge in [-0.1, -0.05) is 13.8 Å². The maximum absolute atomic E-state index is 10.9. The zero-order valence-corrected chi connectivity index (χ0v) is 16.5. The summed E-state index contributed by atoms with van der Waals surface area (Å²) in [5.41, 5.74) is 0. The molecule has 0 saturated carbocycles. The maximum atomic E-state index is 10.9. The van der Waals surface area contributed by atoms with Crippen LogP contribution >= 0.6 is 23.5 Å². The van der Waals surface area contributed by atoms with Gasteiger partial charge in [0.15, 0.2) is 11.6 Å². The highest BCUT2D eigenvalue weighted by molar-refractivity contribution is 8.17. The zero-order valence-electron chi connectivity index (χ0n) is 14.9. The summed E-state index contributed by atoms with van der Waals surface area (Å²) in [6.07, 6.45) is -1.61. The maximum Gasteiger partial charge on any atom is 0.164 e. The smallest absolute Gasteiger partial charge is 0.164 e. The number of aliphatic hydroxyl groups excluding tert-OH is 1. The lowest BCUT2D eigenvalue weighted by atomic mass is 10.0. The summed E-state index contributed by atoms with van der Waals surface area (Å²) in [7, 11) is 0. The molecule has 5 nitrogen and oxygen atoms in total. The molecule has 1 N–H and O–H groups in total. The fraction of sp³-hybridized carbons (Fsp3) is 1.00. The van der Waals surface area contributed by atoms with Crippen molar-refractivity contribution < 1.29 is 24.1 Å². The minimum atomic E-state index is -0.731. The molecule has 0 aromatic carbocycles. The second kappa shape index (κ2) is 7.81. The number of ether oxygens (including phenoxy) is 4. The molecule has 2 fully saturated rings. The van der Waals surface area contributed by atoms with Crippen LogP contribution in [0.4, 0.5) is 0 Å². The third-order valence-corrected chi connectivity index (χ3v) is 6.54. The van der Waals surface area contributed by atoms with E-state index in [1.807, 2.05) is 27.7 Å². The molecule has 2 saturated heterocycles. The lowest BCUT2D eigenvalue weighted by Gasteiger charge is -2.30. The molecule has 0 aliphatic carbocycles. The molecule has 4 atom stereocenters. The van der Waals surface area contributed by atoms with E-state index in [0.29, 0.717) is 6.61 Å². The van der Waals surface area contributed by atoms with E-state index in [-0.39, 0.29) is 16.8 Å². The first-order chi connectivity index (χ1) is 10.7. The Balaban J connectivity index is 2.13. The van der Waals surface area contributed by atoms with Crippen molar-refractivity contribution >= 4 is 23.5 Å². The summed E-state index contributed by atoms with van der Waals surface area (Å²) in [5, 5.41) is 10.9. The van der Waals surface area contributed by atoms with Gasteiger partial charge in [-0.15, -0.1) is 23.5 Å². The highest BCUT2D eigenvalue weighted by Gasteiger charge is 2.53. The Kier molecular flexibility index (Phi) is 6.73. The number of hydrogen-bond donors (Lipinski definition) is 1.